The Morgan fingerprint density at radius 1 is 0.471 bits per heavy atom. The number of furan rings is 1. The van der Waals surface area contributed by atoms with Crippen molar-refractivity contribution in [2.45, 2.75) is 38.0 Å². The van der Waals surface area contributed by atoms with Crippen molar-refractivity contribution in [1.29, 1.82) is 0 Å². The van der Waals surface area contributed by atoms with Gasteiger partial charge in [0.25, 0.3) is 0 Å². The van der Waals surface area contributed by atoms with E-state index in [9.17, 15) is 0 Å². The molecular weight excluding hydrogens is 639 g/mol. The summed E-state index contributed by atoms with van der Waals surface area (Å²) in [5.41, 5.74) is 11.6. The van der Waals surface area contributed by atoms with Crippen LogP contribution in [0.5, 0.6) is 0 Å². The van der Waals surface area contributed by atoms with E-state index >= 15 is 0 Å². The maximum Gasteiger partial charge on any atom is 0.136 e. The molecule has 0 N–H and O–H groups in total. The number of nitrogens with zero attached hydrogens (tertiary/aromatic N) is 1. The van der Waals surface area contributed by atoms with E-state index in [1.165, 1.54) is 74.7 Å². The zero-order valence-corrected chi connectivity index (χ0v) is 29.2. The van der Waals surface area contributed by atoms with Gasteiger partial charge in [0.05, 0.1) is 10.4 Å². The summed E-state index contributed by atoms with van der Waals surface area (Å²) in [6, 6.07) is 57.6. The number of benzene rings is 7. The van der Waals surface area contributed by atoms with Crippen molar-refractivity contribution < 1.29 is 4.42 Å². The third kappa shape index (κ3) is 5.40. The van der Waals surface area contributed by atoms with Gasteiger partial charge in [-0.2, -0.15) is 0 Å². The summed E-state index contributed by atoms with van der Waals surface area (Å²) in [6.07, 6.45) is 6.70. The van der Waals surface area contributed by atoms with Crippen LogP contribution in [0.15, 0.2) is 162 Å². The van der Waals surface area contributed by atoms with Gasteiger partial charge in [0.2, 0.25) is 0 Å². The molecule has 0 bridgehead atoms. The second-order valence-corrected chi connectivity index (χ2v) is 15.0. The van der Waals surface area contributed by atoms with Gasteiger partial charge in [-0.1, -0.05) is 116 Å². The highest BCUT2D eigenvalue weighted by Gasteiger charge is 2.21. The fourth-order valence-electron chi connectivity index (χ4n) is 8.24. The number of anilines is 3. The van der Waals surface area contributed by atoms with E-state index in [4.69, 9.17) is 4.42 Å². The molecule has 0 aliphatic heterocycles. The highest BCUT2D eigenvalue weighted by Crippen LogP contribution is 2.46. The summed E-state index contributed by atoms with van der Waals surface area (Å²) < 4.78 is 8.91. The second kappa shape index (κ2) is 12.6. The molecule has 0 amide bonds. The Hall–Kier alpha value is -5.64. The molecule has 7 aromatic carbocycles. The Balaban J connectivity index is 1.08. The lowest BCUT2D eigenvalue weighted by Crippen LogP contribution is -2.10. The van der Waals surface area contributed by atoms with Gasteiger partial charge in [-0.25, -0.2) is 0 Å². The van der Waals surface area contributed by atoms with Crippen molar-refractivity contribution in [3.8, 4) is 22.3 Å². The molecule has 3 heteroatoms. The molecule has 0 spiro atoms. The molecule has 2 aromatic heterocycles. The zero-order valence-electron chi connectivity index (χ0n) is 28.4. The normalized spacial score (nSPS) is 13.8. The van der Waals surface area contributed by atoms with Gasteiger partial charge in [-0.3, -0.25) is 0 Å². The van der Waals surface area contributed by atoms with Crippen LogP contribution >= 0.6 is 11.3 Å². The summed E-state index contributed by atoms with van der Waals surface area (Å²) in [5, 5.41) is 5.03. The standard InChI is InChI=1S/C48H37NOS/c1-3-10-32(11-4-1)34-18-24-38(25-19-34)49(39-26-20-35(21-27-39)37-22-28-41-40-14-7-8-17-45(40)50-46(41)31-37)44-16-9-15-42-43-30-36(33-12-5-2-6-13-33)23-29-47(43)51-48(42)44/h1,3-4,7-11,14-31,33H,2,5-6,12-13H2. The summed E-state index contributed by atoms with van der Waals surface area (Å²) in [4.78, 5) is 2.43. The lowest BCUT2D eigenvalue weighted by Gasteiger charge is -2.26. The summed E-state index contributed by atoms with van der Waals surface area (Å²) >= 11 is 1.91. The minimum absolute atomic E-state index is 0.687. The van der Waals surface area contributed by atoms with Crippen molar-refractivity contribution in [3.05, 3.63) is 163 Å². The van der Waals surface area contributed by atoms with Crippen molar-refractivity contribution in [2.24, 2.45) is 0 Å². The maximum absolute atomic E-state index is 6.23. The SMILES string of the molecule is c1ccc(-c2ccc(N(c3ccc(-c4ccc5c(c4)oc4ccccc45)cc3)c3cccc4c3sc3ccc(C5CCCCC5)cc34)cc2)cc1. The van der Waals surface area contributed by atoms with E-state index in [1.807, 2.05) is 23.5 Å². The van der Waals surface area contributed by atoms with Crippen LogP contribution in [0.2, 0.25) is 0 Å². The van der Waals surface area contributed by atoms with Gasteiger partial charge >= 0.3 is 0 Å². The number of hydrogen-bond acceptors (Lipinski definition) is 3. The molecule has 51 heavy (non-hydrogen) atoms. The van der Waals surface area contributed by atoms with E-state index in [2.05, 4.69) is 150 Å². The number of rotatable bonds is 6. The molecule has 2 nitrogen and oxygen atoms in total. The topological polar surface area (TPSA) is 16.4 Å². The molecule has 1 aliphatic carbocycles. The predicted molar refractivity (Wildman–Crippen MR) is 218 cm³/mol. The molecule has 0 unspecified atom stereocenters. The predicted octanol–water partition coefficient (Wildman–Crippen LogP) is 14.8. The fraction of sp³-hybridized carbons (Fsp3) is 0.125. The van der Waals surface area contributed by atoms with Crippen molar-refractivity contribution in [3.63, 3.8) is 0 Å². The first kappa shape index (κ1) is 30.2. The monoisotopic (exact) mass is 675 g/mol. The van der Waals surface area contributed by atoms with E-state index in [1.54, 1.807) is 0 Å². The largest absolute Gasteiger partial charge is 0.456 e. The summed E-state index contributed by atoms with van der Waals surface area (Å²) in [6.45, 7) is 0. The molecule has 2 heterocycles. The van der Waals surface area contributed by atoms with Crippen molar-refractivity contribution in [2.75, 3.05) is 4.90 Å². The molecule has 1 fully saturated rings. The van der Waals surface area contributed by atoms with Crippen molar-refractivity contribution in [1.82, 2.24) is 0 Å². The summed E-state index contributed by atoms with van der Waals surface area (Å²) in [5.74, 6) is 0.687. The second-order valence-electron chi connectivity index (χ2n) is 14.0. The number of hydrogen-bond donors (Lipinski definition) is 0. The van der Waals surface area contributed by atoms with Gasteiger partial charge in [-0.05, 0) is 107 Å². The molecule has 10 rings (SSSR count). The molecule has 0 radical (unpaired) electrons. The van der Waals surface area contributed by atoms with Crippen LogP contribution in [0, 0.1) is 0 Å². The Morgan fingerprint density at radius 2 is 1.12 bits per heavy atom. The molecule has 1 saturated carbocycles. The molecule has 9 aromatic rings. The minimum Gasteiger partial charge on any atom is -0.456 e. The Kier molecular flexibility index (Phi) is 7.46. The van der Waals surface area contributed by atoms with E-state index in [0.717, 1.165) is 44.4 Å². The van der Waals surface area contributed by atoms with E-state index in [-0.39, 0.29) is 0 Å². The van der Waals surface area contributed by atoms with Gasteiger partial charge in [0.15, 0.2) is 0 Å². The van der Waals surface area contributed by atoms with E-state index in [0.29, 0.717) is 5.92 Å². The van der Waals surface area contributed by atoms with Crippen LogP contribution in [0.3, 0.4) is 0 Å². The Labute approximate surface area is 302 Å². The Bertz CT molecular complexity index is 2660. The highest BCUT2D eigenvalue weighted by molar-refractivity contribution is 7.26. The molecule has 246 valence electrons. The molecular formula is C48H37NOS. The van der Waals surface area contributed by atoms with Gasteiger partial charge < -0.3 is 9.32 Å². The van der Waals surface area contributed by atoms with E-state index < -0.39 is 0 Å². The highest BCUT2D eigenvalue weighted by atomic mass is 32.1. The first-order valence-electron chi connectivity index (χ1n) is 18.2. The third-order valence-corrected chi connectivity index (χ3v) is 12.1. The number of fused-ring (bicyclic) bond motifs is 6. The van der Waals surface area contributed by atoms with Crippen LogP contribution in [-0.4, -0.2) is 0 Å². The van der Waals surface area contributed by atoms with Crippen LogP contribution in [0.1, 0.15) is 43.6 Å². The average molecular weight is 676 g/mol. The molecule has 0 saturated heterocycles. The first-order valence-corrected chi connectivity index (χ1v) is 19.0. The van der Waals surface area contributed by atoms with Crippen molar-refractivity contribution >= 4 is 70.5 Å². The lowest BCUT2D eigenvalue weighted by atomic mass is 9.84. The fourth-order valence-corrected chi connectivity index (χ4v) is 9.42. The minimum atomic E-state index is 0.687. The lowest BCUT2D eigenvalue weighted by molar-refractivity contribution is 0.444. The van der Waals surface area contributed by atoms with Crippen LogP contribution in [0.25, 0.3) is 64.4 Å². The van der Waals surface area contributed by atoms with Crippen LogP contribution in [0.4, 0.5) is 17.1 Å². The van der Waals surface area contributed by atoms with Gasteiger partial charge in [0, 0.05) is 37.6 Å². The zero-order chi connectivity index (χ0) is 33.7. The molecule has 0 atom stereocenters. The third-order valence-electron chi connectivity index (χ3n) is 10.9. The van der Waals surface area contributed by atoms with Gasteiger partial charge in [-0.15, -0.1) is 11.3 Å². The van der Waals surface area contributed by atoms with Gasteiger partial charge in [0.1, 0.15) is 11.2 Å². The molecule has 1 aliphatic rings. The number of para-hydroxylation sites is 1. The average Bonchev–Trinajstić information content (AvgIpc) is 3.77. The smallest absolute Gasteiger partial charge is 0.136 e. The van der Waals surface area contributed by atoms with Crippen LogP contribution in [-0.2, 0) is 0 Å². The Morgan fingerprint density at radius 3 is 1.90 bits per heavy atom. The first-order chi connectivity index (χ1) is 25.3. The maximum atomic E-state index is 6.23. The van der Waals surface area contributed by atoms with Crippen LogP contribution < -0.4 is 4.90 Å². The summed E-state index contributed by atoms with van der Waals surface area (Å²) in [7, 11) is 0. The quantitative estimate of drug-likeness (QED) is 0.174. The number of thiophene rings is 1.